The Morgan fingerprint density at radius 1 is 1.10 bits per heavy atom. The normalized spacial score (nSPS) is 13.8. The van der Waals surface area contributed by atoms with E-state index in [-0.39, 0.29) is 6.04 Å². The van der Waals surface area contributed by atoms with Crippen LogP contribution in [0.15, 0.2) is 64.0 Å². The van der Waals surface area contributed by atoms with E-state index in [0.717, 1.165) is 22.3 Å². The highest BCUT2D eigenvalue weighted by Crippen LogP contribution is 2.19. The highest BCUT2D eigenvalue weighted by molar-refractivity contribution is 9.10. The Morgan fingerprint density at radius 2 is 1.76 bits per heavy atom. The van der Waals surface area contributed by atoms with Gasteiger partial charge in [0, 0.05) is 21.2 Å². The zero-order valence-corrected chi connectivity index (χ0v) is 14.5. The Bertz CT molecular complexity index is 571. The van der Waals surface area contributed by atoms with Crippen molar-refractivity contribution in [2.24, 2.45) is 0 Å². The molecule has 0 aliphatic heterocycles. The number of benzene rings is 2. The maximum absolute atomic E-state index is 12.6. The van der Waals surface area contributed by atoms with Gasteiger partial charge in [-0.25, -0.2) is 0 Å². The van der Waals surface area contributed by atoms with Crippen molar-refractivity contribution in [3.05, 3.63) is 64.6 Å². The van der Waals surface area contributed by atoms with Gasteiger partial charge in [0.15, 0.2) is 0 Å². The van der Waals surface area contributed by atoms with Crippen molar-refractivity contribution in [1.82, 2.24) is 5.32 Å². The third-order valence-electron chi connectivity index (χ3n) is 3.24. The molecule has 0 amide bonds. The van der Waals surface area contributed by atoms with Crippen LogP contribution in [0, 0.1) is 0 Å². The molecule has 2 aromatic rings. The van der Waals surface area contributed by atoms with Gasteiger partial charge in [0.2, 0.25) is 0 Å². The zero-order chi connectivity index (χ0) is 15.1. The van der Waals surface area contributed by atoms with Crippen LogP contribution in [0.2, 0.25) is 0 Å². The molecule has 21 heavy (non-hydrogen) atoms. The first-order chi connectivity index (χ1) is 10.2. The van der Waals surface area contributed by atoms with Crippen molar-refractivity contribution in [3.8, 4) is 0 Å². The lowest BCUT2D eigenvalue weighted by atomic mass is 10.1. The molecule has 2 atom stereocenters. The predicted octanol–water partition coefficient (Wildman–Crippen LogP) is 4.30. The van der Waals surface area contributed by atoms with Crippen LogP contribution in [0.1, 0.15) is 24.9 Å². The van der Waals surface area contributed by atoms with E-state index in [2.05, 4.69) is 40.3 Å². The minimum atomic E-state index is -1.01. The van der Waals surface area contributed by atoms with Crippen molar-refractivity contribution in [1.29, 1.82) is 0 Å². The number of hydrogen-bond donors (Lipinski definition) is 1. The lowest BCUT2D eigenvalue weighted by Gasteiger charge is -2.18. The van der Waals surface area contributed by atoms with Crippen molar-refractivity contribution in [2.75, 3.05) is 12.3 Å². The van der Waals surface area contributed by atoms with Crippen LogP contribution < -0.4 is 5.32 Å². The molecule has 2 nitrogen and oxygen atoms in total. The van der Waals surface area contributed by atoms with Gasteiger partial charge in [0.05, 0.1) is 10.8 Å². The molecule has 1 N–H and O–H groups in total. The van der Waals surface area contributed by atoms with Crippen LogP contribution in [0.4, 0.5) is 0 Å². The van der Waals surface area contributed by atoms with Gasteiger partial charge >= 0.3 is 0 Å². The molecule has 2 unspecified atom stereocenters. The summed E-state index contributed by atoms with van der Waals surface area (Å²) in [5, 5.41) is 3.50. The molecule has 0 aromatic heterocycles. The van der Waals surface area contributed by atoms with Crippen LogP contribution in [-0.4, -0.2) is 16.5 Å². The molecule has 0 aliphatic rings. The Labute approximate surface area is 137 Å². The van der Waals surface area contributed by atoms with Gasteiger partial charge in [0.1, 0.15) is 0 Å². The minimum absolute atomic E-state index is 0.121. The van der Waals surface area contributed by atoms with Gasteiger partial charge in [0.25, 0.3) is 0 Å². The van der Waals surface area contributed by atoms with Crippen LogP contribution in [-0.2, 0) is 10.8 Å². The Balaban J connectivity index is 2.11. The van der Waals surface area contributed by atoms with E-state index in [4.69, 9.17) is 0 Å². The fourth-order valence-electron chi connectivity index (χ4n) is 2.11. The van der Waals surface area contributed by atoms with E-state index in [1.54, 1.807) is 0 Å². The van der Waals surface area contributed by atoms with Crippen molar-refractivity contribution < 1.29 is 4.21 Å². The first kappa shape index (κ1) is 16.4. The maximum atomic E-state index is 12.6. The van der Waals surface area contributed by atoms with E-state index < -0.39 is 10.8 Å². The van der Waals surface area contributed by atoms with Gasteiger partial charge < -0.3 is 5.32 Å². The Morgan fingerprint density at radius 3 is 2.38 bits per heavy atom. The van der Waals surface area contributed by atoms with Crippen molar-refractivity contribution in [3.63, 3.8) is 0 Å². The Hall–Kier alpha value is -0.970. The third-order valence-corrected chi connectivity index (χ3v) is 5.20. The predicted molar refractivity (Wildman–Crippen MR) is 92.9 cm³/mol. The molecule has 0 fully saturated rings. The Kier molecular flexibility index (Phi) is 6.61. The molecule has 0 saturated heterocycles. The molecule has 0 bridgehead atoms. The van der Waals surface area contributed by atoms with Crippen LogP contribution in [0.3, 0.4) is 0 Å². The summed E-state index contributed by atoms with van der Waals surface area (Å²) < 4.78 is 13.6. The van der Waals surface area contributed by atoms with E-state index in [9.17, 15) is 4.21 Å². The summed E-state index contributed by atoms with van der Waals surface area (Å²) >= 11 is 3.41. The first-order valence-electron chi connectivity index (χ1n) is 7.13. The topological polar surface area (TPSA) is 29.1 Å². The van der Waals surface area contributed by atoms with E-state index >= 15 is 0 Å². The highest BCUT2D eigenvalue weighted by Gasteiger charge is 2.15. The summed E-state index contributed by atoms with van der Waals surface area (Å²) in [7, 11) is -1.01. The number of nitrogens with one attached hydrogen (secondary N) is 1. The van der Waals surface area contributed by atoms with Crippen LogP contribution >= 0.6 is 15.9 Å². The number of hydrogen-bond acceptors (Lipinski definition) is 2. The van der Waals surface area contributed by atoms with E-state index in [0.29, 0.717) is 5.75 Å². The minimum Gasteiger partial charge on any atom is -0.309 e. The van der Waals surface area contributed by atoms with Gasteiger partial charge in [-0.1, -0.05) is 53.2 Å². The van der Waals surface area contributed by atoms with Crippen LogP contribution in [0.25, 0.3) is 0 Å². The quantitative estimate of drug-likeness (QED) is 0.792. The summed E-state index contributed by atoms with van der Waals surface area (Å²) in [5.41, 5.74) is 1.19. The summed E-state index contributed by atoms with van der Waals surface area (Å²) in [6.07, 6.45) is 1.06. The average Bonchev–Trinajstić information content (AvgIpc) is 2.52. The number of rotatable bonds is 7. The monoisotopic (exact) mass is 365 g/mol. The molecule has 0 radical (unpaired) electrons. The van der Waals surface area contributed by atoms with Gasteiger partial charge in [-0.15, -0.1) is 0 Å². The average molecular weight is 366 g/mol. The second-order valence-electron chi connectivity index (χ2n) is 4.88. The molecule has 112 valence electrons. The second-order valence-corrected chi connectivity index (χ2v) is 7.29. The largest absolute Gasteiger partial charge is 0.309 e. The number of halogens is 1. The van der Waals surface area contributed by atoms with Crippen molar-refractivity contribution in [2.45, 2.75) is 24.3 Å². The smallest absolute Gasteiger partial charge is 0.0548 e. The van der Waals surface area contributed by atoms with Gasteiger partial charge in [-0.2, -0.15) is 0 Å². The molecule has 2 aromatic carbocycles. The first-order valence-corrected chi connectivity index (χ1v) is 9.24. The van der Waals surface area contributed by atoms with Gasteiger partial charge in [-0.3, -0.25) is 4.21 Å². The molecule has 0 spiro atoms. The summed E-state index contributed by atoms with van der Waals surface area (Å²) in [4.78, 5) is 0.873. The molecular weight excluding hydrogens is 346 g/mol. The van der Waals surface area contributed by atoms with E-state index in [1.807, 2.05) is 42.5 Å². The highest BCUT2D eigenvalue weighted by atomic mass is 79.9. The molecule has 0 aliphatic carbocycles. The zero-order valence-electron chi connectivity index (χ0n) is 12.1. The summed E-state index contributed by atoms with van der Waals surface area (Å²) in [5.74, 6) is 0.589. The molecule has 0 heterocycles. The molecule has 0 saturated carbocycles. The molecule has 2 rings (SSSR count). The lowest BCUT2D eigenvalue weighted by molar-refractivity contribution is 0.569. The fraction of sp³-hybridized carbons (Fsp3) is 0.294. The fourth-order valence-corrected chi connectivity index (χ4v) is 3.62. The molecule has 4 heteroatoms. The summed E-state index contributed by atoms with van der Waals surface area (Å²) in [6, 6.07) is 18.1. The SMILES string of the molecule is CCCNC(CS(=O)c1ccc(Br)cc1)c1ccccc1. The summed E-state index contributed by atoms with van der Waals surface area (Å²) in [6.45, 7) is 3.07. The van der Waals surface area contributed by atoms with Gasteiger partial charge in [-0.05, 0) is 42.8 Å². The molecular formula is C17H20BrNOS. The maximum Gasteiger partial charge on any atom is 0.0548 e. The third kappa shape index (κ3) is 5.06. The van der Waals surface area contributed by atoms with Crippen molar-refractivity contribution >= 4 is 26.7 Å². The van der Waals surface area contributed by atoms with Crippen LogP contribution in [0.5, 0.6) is 0 Å². The lowest BCUT2D eigenvalue weighted by Crippen LogP contribution is -2.27. The second kappa shape index (κ2) is 8.47. The van der Waals surface area contributed by atoms with E-state index in [1.165, 1.54) is 5.56 Å². The standard InChI is InChI=1S/C17H20BrNOS/c1-2-12-19-17(14-6-4-3-5-7-14)13-21(20)16-10-8-15(18)9-11-16/h3-11,17,19H,2,12-13H2,1H3.